The van der Waals surface area contributed by atoms with Gasteiger partial charge < -0.3 is 10.1 Å². The molecule has 0 bridgehead atoms. The molecule has 1 rings (SSSR count). The fraction of sp³-hybridized carbons (Fsp3) is 0.429. The summed E-state index contributed by atoms with van der Waals surface area (Å²) in [7, 11) is 0. The Balaban J connectivity index is 2.32. The van der Waals surface area contributed by atoms with Gasteiger partial charge in [0.1, 0.15) is 0 Å². The van der Waals surface area contributed by atoms with Crippen molar-refractivity contribution in [3.63, 3.8) is 0 Å². The van der Waals surface area contributed by atoms with Gasteiger partial charge in [-0.25, -0.2) is 4.79 Å². The van der Waals surface area contributed by atoms with Gasteiger partial charge in [0.25, 0.3) is 0 Å². The van der Waals surface area contributed by atoms with Crippen LogP contribution in [0.5, 0.6) is 0 Å². The van der Waals surface area contributed by atoms with Gasteiger partial charge in [-0.15, -0.1) is 0 Å². The molecule has 1 amide bonds. The SMILES string of the molecule is CCCCOC(=O)C(=O)NCc1ccc(C)cc1. The minimum atomic E-state index is -0.810. The summed E-state index contributed by atoms with van der Waals surface area (Å²) in [6.45, 7) is 4.62. The fourth-order valence-electron chi connectivity index (χ4n) is 1.34. The van der Waals surface area contributed by atoms with E-state index in [4.69, 9.17) is 4.74 Å². The fourth-order valence-corrected chi connectivity index (χ4v) is 1.34. The summed E-state index contributed by atoms with van der Waals surface area (Å²) in [6, 6.07) is 7.75. The number of aryl methyl sites for hydroxylation is 1. The molecular weight excluding hydrogens is 230 g/mol. The molecular formula is C14H19NO3. The maximum atomic E-state index is 11.4. The van der Waals surface area contributed by atoms with E-state index in [1.807, 2.05) is 38.1 Å². The van der Waals surface area contributed by atoms with E-state index in [2.05, 4.69) is 5.32 Å². The van der Waals surface area contributed by atoms with Crippen LogP contribution in [0.4, 0.5) is 0 Å². The Morgan fingerprint density at radius 3 is 2.50 bits per heavy atom. The highest BCUT2D eigenvalue weighted by Gasteiger charge is 2.14. The number of nitrogens with one attached hydrogen (secondary N) is 1. The normalized spacial score (nSPS) is 9.89. The van der Waals surface area contributed by atoms with Crippen LogP contribution in [-0.4, -0.2) is 18.5 Å². The van der Waals surface area contributed by atoms with Gasteiger partial charge in [-0.05, 0) is 18.9 Å². The summed E-state index contributed by atoms with van der Waals surface area (Å²) in [4.78, 5) is 22.7. The monoisotopic (exact) mass is 249 g/mol. The highest BCUT2D eigenvalue weighted by Crippen LogP contribution is 2.02. The van der Waals surface area contributed by atoms with Gasteiger partial charge >= 0.3 is 11.9 Å². The van der Waals surface area contributed by atoms with Crippen LogP contribution in [0.1, 0.15) is 30.9 Å². The van der Waals surface area contributed by atoms with Crippen LogP contribution in [0.15, 0.2) is 24.3 Å². The van der Waals surface area contributed by atoms with Gasteiger partial charge in [-0.3, -0.25) is 4.79 Å². The lowest BCUT2D eigenvalue weighted by molar-refractivity contribution is -0.155. The average molecular weight is 249 g/mol. The molecule has 1 aromatic carbocycles. The molecule has 18 heavy (non-hydrogen) atoms. The molecule has 0 fully saturated rings. The number of esters is 1. The van der Waals surface area contributed by atoms with E-state index in [9.17, 15) is 9.59 Å². The van der Waals surface area contributed by atoms with Crippen molar-refractivity contribution in [1.82, 2.24) is 5.32 Å². The summed E-state index contributed by atoms with van der Waals surface area (Å²) in [6.07, 6.45) is 1.70. The van der Waals surface area contributed by atoms with E-state index in [1.165, 1.54) is 0 Å². The van der Waals surface area contributed by atoms with Crippen LogP contribution in [-0.2, 0) is 20.9 Å². The highest BCUT2D eigenvalue weighted by molar-refractivity contribution is 6.32. The zero-order valence-electron chi connectivity index (χ0n) is 10.9. The Morgan fingerprint density at radius 2 is 1.89 bits per heavy atom. The molecule has 0 aromatic heterocycles. The number of benzene rings is 1. The molecule has 98 valence electrons. The number of ether oxygens (including phenoxy) is 1. The van der Waals surface area contributed by atoms with Crippen LogP contribution in [0, 0.1) is 6.92 Å². The number of carbonyl (C=O) groups excluding carboxylic acids is 2. The molecule has 0 unspecified atom stereocenters. The molecule has 0 aliphatic carbocycles. The molecule has 1 aromatic rings. The lowest BCUT2D eigenvalue weighted by Crippen LogP contribution is -2.32. The van der Waals surface area contributed by atoms with Crippen LogP contribution in [0.3, 0.4) is 0 Å². The predicted octanol–water partition coefficient (Wildman–Crippen LogP) is 1.95. The van der Waals surface area contributed by atoms with Crippen molar-refractivity contribution in [2.45, 2.75) is 33.2 Å². The van der Waals surface area contributed by atoms with Crippen molar-refractivity contribution in [2.75, 3.05) is 6.61 Å². The van der Waals surface area contributed by atoms with E-state index >= 15 is 0 Å². The van der Waals surface area contributed by atoms with E-state index in [0.29, 0.717) is 13.2 Å². The Hall–Kier alpha value is -1.84. The molecule has 0 atom stereocenters. The quantitative estimate of drug-likeness (QED) is 0.493. The Labute approximate surface area is 107 Å². The van der Waals surface area contributed by atoms with Crippen LogP contribution < -0.4 is 5.32 Å². The van der Waals surface area contributed by atoms with Gasteiger partial charge in [0, 0.05) is 6.54 Å². The van der Waals surface area contributed by atoms with Crippen molar-refractivity contribution in [1.29, 1.82) is 0 Å². The van der Waals surface area contributed by atoms with Gasteiger partial charge in [0.05, 0.1) is 6.61 Å². The number of amides is 1. The second-order valence-electron chi connectivity index (χ2n) is 4.16. The second-order valence-corrected chi connectivity index (χ2v) is 4.16. The zero-order valence-corrected chi connectivity index (χ0v) is 10.9. The first-order valence-corrected chi connectivity index (χ1v) is 6.14. The summed E-state index contributed by atoms with van der Waals surface area (Å²) < 4.78 is 4.80. The first kappa shape index (κ1) is 14.2. The van der Waals surface area contributed by atoms with Crippen LogP contribution in [0.2, 0.25) is 0 Å². The van der Waals surface area contributed by atoms with Crippen LogP contribution in [0.25, 0.3) is 0 Å². The maximum Gasteiger partial charge on any atom is 0.396 e. The molecule has 4 nitrogen and oxygen atoms in total. The third-order valence-electron chi connectivity index (χ3n) is 2.49. The van der Waals surface area contributed by atoms with Gasteiger partial charge in [0.15, 0.2) is 0 Å². The Morgan fingerprint density at radius 1 is 1.22 bits per heavy atom. The topological polar surface area (TPSA) is 55.4 Å². The smallest absolute Gasteiger partial charge is 0.396 e. The predicted molar refractivity (Wildman–Crippen MR) is 68.9 cm³/mol. The lowest BCUT2D eigenvalue weighted by atomic mass is 10.1. The lowest BCUT2D eigenvalue weighted by Gasteiger charge is -2.06. The molecule has 0 aliphatic heterocycles. The van der Waals surface area contributed by atoms with Gasteiger partial charge in [0.2, 0.25) is 0 Å². The van der Waals surface area contributed by atoms with Gasteiger partial charge in [-0.2, -0.15) is 0 Å². The molecule has 4 heteroatoms. The summed E-state index contributed by atoms with van der Waals surface area (Å²) >= 11 is 0. The zero-order chi connectivity index (χ0) is 13.4. The van der Waals surface area contributed by atoms with E-state index in [0.717, 1.165) is 24.0 Å². The van der Waals surface area contributed by atoms with Crippen molar-refractivity contribution in [3.8, 4) is 0 Å². The number of carbonyl (C=O) groups is 2. The number of hydrogen-bond donors (Lipinski definition) is 1. The van der Waals surface area contributed by atoms with Crippen LogP contribution >= 0.6 is 0 Å². The minimum absolute atomic E-state index is 0.299. The van der Waals surface area contributed by atoms with Crippen molar-refractivity contribution >= 4 is 11.9 Å². The minimum Gasteiger partial charge on any atom is -0.459 e. The third-order valence-corrected chi connectivity index (χ3v) is 2.49. The average Bonchev–Trinajstić information content (AvgIpc) is 2.38. The summed E-state index contributed by atoms with van der Waals surface area (Å²) in [5.41, 5.74) is 2.11. The van der Waals surface area contributed by atoms with E-state index in [1.54, 1.807) is 0 Å². The standard InChI is InChI=1S/C14H19NO3/c1-3-4-9-18-14(17)13(16)15-10-12-7-5-11(2)6-8-12/h5-8H,3-4,9-10H2,1-2H3,(H,15,16). The van der Waals surface area contributed by atoms with E-state index in [-0.39, 0.29) is 0 Å². The molecule has 0 spiro atoms. The number of hydrogen-bond acceptors (Lipinski definition) is 3. The second kappa shape index (κ2) is 7.48. The molecule has 0 heterocycles. The number of unbranched alkanes of at least 4 members (excludes halogenated alkanes) is 1. The van der Waals surface area contributed by atoms with Gasteiger partial charge in [-0.1, -0.05) is 43.2 Å². The van der Waals surface area contributed by atoms with E-state index < -0.39 is 11.9 Å². The third kappa shape index (κ3) is 4.99. The molecule has 1 N–H and O–H groups in total. The van der Waals surface area contributed by atoms with Crippen molar-refractivity contribution in [2.24, 2.45) is 0 Å². The first-order chi connectivity index (χ1) is 8.63. The van der Waals surface area contributed by atoms with Crippen molar-refractivity contribution in [3.05, 3.63) is 35.4 Å². The maximum absolute atomic E-state index is 11.4. The summed E-state index contributed by atoms with van der Waals surface area (Å²) in [5, 5.41) is 2.53. The molecule has 0 saturated carbocycles. The molecule has 0 aliphatic rings. The largest absolute Gasteiger partial charge is 0.459 e. The highest BCUT2D eigenvalue weighted by atomic mass is 16.5. The van der Waals surface area contributed by atoms with Crippen molar-refractivity contribution < 1.29 is 14.3 Å². The number of rotatable bonds is 5. The summed E-state index contributed by atoms with van der Waals surface area (Å²) in [5.74, 6) is -1.50. The molecule has 0 saturated heterocycles. The first-order valence-electron chi connectivity index (χ1n) is 6.14. The Bertz CT molecular complexity index is 398. The Kier molecular flexibility index (Phi) is 5.91. The molecule has 0 radical (unpaired) electrons.